The maximum atomic E-state index is 12.6. The molecule has 1 fully saturated rings. The molecule has 0 bridgehead atoms. The van der Waals surface area contributed by atoms with Crippen molar-refractivity contribution >= 4 is 11.8 Å². The highest BCUT2D eigenvalue weighted by Gasteiger charge is 2.26. The number of piperazine rings is 1. The summed E-state index contributed by atoms with van der Waals surface area (Å²) in [6.07, 6.45) is 0. The van der Waals surface area contributed by atoms with Gasteiger partial charge in [0.15, 0.2) is 0 Å². The minimum absolute atomic E-state index is 0.0285. The van der Waals surface area contributed by atoms with E-state index in [0.717, 1.165) is 11.3 Å². The summed E-state index contributed by atoms with van der Waals surface area (Å²) in [6.45, 7) is 8.05. The number of benzene rings is 1. The third kappa shape index (κ3) is 3.18. The van der Waals surface area contributed by atoms with Gasteiger partial charge in [0.1, 0.15) is 5.69 Å². The van der Waals surface area contributed by atoms with E-state index in [9.17, 15) is 9.59 Å². The van der Waals surface area contributed by atoms with Gasteiger partial charge in [-0.1, -0.05) is 6.07 Å². The van der Waals surface area contributed by atoms with E-state index in [1.54, 1.807) is 11.0 Å². The molecule has 1 aromatic carbocycles. The molecule has 0 saturated carbocycles. The maximum absolute atomic E-state index is 12.6. The molecule has 1 aliphatic rings. The van der Waals surface area contributed by atoms with Gasteiger partial charge in [-0.3, -0.25) is 14.7 Å². The van der Waals surface area contributed by atoms with Crippen molar-refractivity contribution in [1.29, 1.82) is 0 Å². The Bertz CT molecular complexity index is 773. The van der Waals surface area contributed by atoms with Crippen molar-refractivity contribution < 1.29 is 9.59 Å². The molecule has 2 amide bonds. The Balaban J connectivity index is 1.63. The van der Waals surface area contributed by atoms with Gasteiger partial charge in [0.25, 0.3) is 11.8 Å². The zero-order valence-corrected chi connectivity index (χ0v) is 14.3. The van der Waals surface area contributed by atoms with E-state index in [4.69, 9.17) is 0 Å². The predicted octanol–water partition coefficient (Wildman–Crippen LogP) is 1.93. The molecule has 1 aromatic heterocycles. The zero-order chi connectivity index (χ0) is 17.3. The lowest BCUT2D eigenvalue weighted by molar-refractivity contribution is 0.0532. The van der Waals surface area contributed by atoms with Gasteiger partial charge < -0.3 is 9.80 Å². The number of carbonyl (C=O) groups excluding carboxylic acids is 2. The normalized spacial score (nSPS) is 14.8. The van der Waals surface area contributed by atoms with Crippen molar-refractivity contribution in [2.45, 2.75) is 20.8 Å². The number of hydrogen-bond donors (Lipinski definition) is 1. The van der Waals surface area contributed by atoms with Gasteiger partial charge in [-0.05, 0) is 50.1 Å². The third-order valence-corrected chi connectivity index (χ3v) is 4.53. The van der Waals surface area contributed by atoms with Gasteiger partial charge in [0.2, 0.25) is 0 Å². The number of H-pyrrole nitrogens is 1. The summed E-state index contributed by atoms with van der Waals surface area (Å²) in [7, 11) is 0. The Kier molecular flexibility index (Phi) is 4.38. The second-order valence-corrected chi connectivity index (χ2v) is 6.32. The summed E-state index contributed by atoms with van der Waals surface area (Å²) >= 11 is 0. The second-order valence-electron chi connectivity index (χ2n) is 6.32. The molecule has 3 rings (SSSR count). The van der Waals surface area contributed by atoms with Crippen LogP contribution in [-0.2, 0) is 0 Å². The van der Waals surface area contributed by atoms with Crippen molar-refractivity contribution in [2.75, 3.05) is 26.2 Å². The number of aromatic amines is 1. The molecule has 6 nitrogen and oxygen atoms in total. The molecular weight excluding hydrogens is 304 g/mol. The number of amides is 2. The minimum atomic E-state index is -0.0855. The average molecular weight is 326 g/mol. The highest BCUT2D eigenvalue weighted by atomic mass is 16.2. The summed E-state index contributed by atoms with van der Waals surface area (Å²) in [6, 6.07) is 7.52. The molecular formula is C18H22N4O2. The molecule has 126 valence electrons. The molecule has 2 aromatic rings. The Morgan fingerprint density at radius 1 is 0.917 bits per heavy atom. The Labute approximate surface area is 141 Å². The first-order chi connectivity index (χ1) is 11.5. The van der Waals surface area contributed by atoms with E-state index in [1.807, 2.05) is 43.9 Å². The number of aryl methyl sites for hydroxylation is 3. The molecule has 0 spiro atoms. The smallest absolute Gasteiger partial charge is 0.274 e. The maximum Gasteiger partial charge on any atom is 0.274 e. The predicted molar refractivity (Wildman–Crippen MR) is 91.0 cm³/mol. The van der Waals surface area contributed by atoms with Gasteiger partial charge in [-0.2, -0.15) is 5.10 Å². The van der Waals surface area contributed by atoms with Gasteiger partial charge >= 0.3 is 0 Å². The van der Waals surface area contributed by atoms with Crippen LogP contribution in [0.15, 0.2) is 24.3 Å². The number of carbonyl (C=O) groups is 2. The van der Waals surface area contributed by atoms with Crippen molar-refractivity contribution in [3.8, 4) is 0 Å². The lowest BCUT2D eigenvalue weighted by Crippen LogP contribution is -2.50. The number of aromatic nitrogens is 2. The quantitative estimate of drug-likeness (QED) is 0.917. The fourth-order valence-electron chi connectivity index (χ4n) is 2.86. The summed E-state index contributed by atoms with van der Waals surface area (Å²) in [5.74, 6) is -0.0570. The van der Waals surface area contributed by atoms with Gasteiger partial charge in [0.05, 0.1) is 0 Å². The molecule has 0 aliphatic carbocycles. The van der Waals surface area contributed by atoms with E-state index in [2.05, 4.69) is 10.2 Å². The van der Waals surface area contributed by atoms with Crippen LogP contribution in [0, 0.1) is 20.8 Å². The third-order valence-electron chi connectivity index (χ3n) is 4.53. The Morgan fingerprint density at radius 3 is 2.08 bits per heavy atom. The van der Waals surface area contributed by atoms with Crippen LogP contribution in [0.5, 0.6) is 0 Å². The molecule has 2 heterocycles. The SMILES string of the molecule is Cc1cc(C(=O)N2CCN(C(=O)c3ccc(C)c(C)c3)CC2)n[nH]1. The molecule has 24 heavy (non-hydrogen) atoms. The van der Waals surface area contributed by atoms with Crippen LogP contribution >= 0.6 is 0 Å². The highest BCUT2D eigenvalue weighted by Crippen LogP contribution is 2.14. The molecule has 1 saturated heterocycles. The highest BCUT2D eigenvalue weighted by molar-refractivity contribution is 5.95. The van der Waals surface area contributed by atoms with Crippen LogP contribution in [0.1, 0.15) is 37.7 Å². The second kappa shape index (κ2) is 6.47. The van der Waals surface area contributed by atoms with Crippen LogP contribution in [0.4, 0.5) is 0 Å². The van der Waals surface area contributed by atoms with E-state index in [1.165, 1.54) is 5.56 Å². The first-order valence-electron chi connectivity index (χ1n) is 8.13. The fourth-order valence-corrected chi connectivity index (χ4v) is 2.86. The zero-order valence-electron chi connectivity index (χ0n) is 14.3. The van der Waals surface area contributed by atoms with Crippen molar-refractivity contribution in [3.05, 3.63) is 52.3 Å². The van der Waals surface area contributed by atoms with Crippen molar-refractivity contribution in [3.63, 3.8) is 0 Å². The van der Waals surface area contributed by atoms with E-state index in [-0.39, 0.29) is 11.8 Å². The number of nitrogens with one attached hydrogen (secondary N) is 1. The van der Waals surface area contributed by atoms with E-state index >= 15 is 0 Å². The summed E-state index contributed by atoms with van der Waals surface area (Å²) in [5, 5.41) is 6.80. The summed E-state index contributed by atoms with van der Waals surface area (Å²) < 4.78 is 0. The van der Waals surface area contributed by atoms with Crippen LogP contribution in [-0.4, -0.2) is 58.0 Å². The molecule has 6 heteroatoms. The number of rotatable bonds is 2. The van der Waals surface area contributed by atoms with Crippen LogP contribution < -0.4 is 0 Å². The molecule has 0 atom stereocenters. The molecule has 1 N–H and O–H groups in total. The van der Waals surface area contributed by atoms with Gasteiger partial charge in [0, 0.05) is 37.4 Å². The lowest BCUT2D eigenvalue weighted by atomic mass is 10.1. The van der Waals surface area contributed by atoms with Gasteiger partial charge in [-0.15, -0.1) is 0 Å². The summed E-state index contributed by atoms with van der Waals surface area (Å²) in [5.41, 5.74) is 4.30. The molecule has 0 radical (unpaired) electrons. The van der Waals surface area contributed by atoms with E-state index in [0.29, 0.717) is 37.4 Å². The largest absolute Gasteiger partial charge is 0.335 e. The first-order valence-corrected chi connectivity index (χ1v) is 8.13. The number of hydrogen-bond acceptors (Lipinski definition) is 3. The average Bonchev–Trinajstić information content (AvgIpc) is 3.02. The van der Waals surface area contributed by atoms with Crippen LogP contribution in [0.25, 0.3) is 0 Å². The standard InChI is InChI=1S/C18H22N4O2/c1-12-4-5-15(10-13(12)2)17(23)21-6-8-22(9-7-21)18(24)16-11-14(3)19-20-16/h4-5,10-11H,6-9H2,1-3H3,(H,19,20). The molecule has 0 unspecified atom stereocenters. The lowest BCUT2D eigenvalue weighted by Gasteiger charge is -2.34. The van der Waals surface area contributed by atoms with Crippen LogP contribution in [0.3, 0.4) is 0 Å². The summed E-state index contributed by atoms with van der Waals surface area (Å²) in [4.78, 5) is 28.6. The van der Waals surface area contributed by atoms with E-state index < -0.39 is 0 Å². The monoisotopic (exact) mass is 326 g/mol. The number of nitrogens with zero attached hydrogens (tertiary/aromatic N) is 3. The Morgan fingerprint density at radius 2 is 1.54 bits per heavy atom. The van der Waals surface area contributed by atoms with Crippen molar-refractivity contribution in [1.82, 2.24) is 20.0 Å². The molecule has 1 aliphatic heterocycles. The first kappa shape index (κ1) is 16.2. The van der Waals surface area contributed by atoms with Crippen LogP contribution in [0.2, 0.25) is 0 Å². The van der Waals surface area contributed by atoms with Crippen molar-refractivity contribution in [2.24, 2.45) is 0 Å². The fraction of sp³-hybridized carbons (Fsp3) is 0.389. The Hall–Kier alpha value is -2.63. The minimum Gasteiger partial charge on any atom is -0.335 e. The van der Waals surface area contributed by atoms with Gasteiger partial charge in [-0.25, -0.2) is 0 Å². The topological polar surface area (TPSA) is 69.3 Å².